The van der Waals surface area contributed by atoms with E-state index in [0.29, 0.717) is 22.4 Å². The topological polar surface area (TPSA) is 177 Å². The normalized spacial score (nSPS) is 25.1. The van der Waals surface area contributed by atoms with Crippen molar-refractivity contribution in [3.05, 3.63) is 58.4 Å². The van der Waals surface area contributed by atoms with Crippen LogP contribution in [-0.2, 0) is 20.8 Å². The molecule has 2 aromatic carbocycles. The predicted molar refractivity (Wildman–Crippen MR) is 163 cm³/mol. The molecule has 1 amide bonds. The number of carbonyl (C=O) groups is 3. The van der Waals surface area contributed by atoms with Crippen LogP contribution in [0.25, 0.3) is 16.9 Å². The van der Waals surface area contributed by atoms with Gasteiger partial charge in [0.25, 0.3) is 5.91 Å². The number of anilines is 2. The quantitative estimate of drug-likeness (QED) is 0.274. The summed E-state index contributed by atoms with van der Waals surface area (Å²) in [6.07, 6.45) is 0.249. The average molecular weight is 591 g/mol. The van der Waals surface area contributed by atoms with Crippen LogP contribution in [0.3, 0.4) is 0 Å². The number of nitrogens with one attached hydrogen (secondary N) is 1. The molecule has 4 atom stereocenters. The highest BCUT2D eigenvalue weighted by Crippen LogP contribution is 2.55. The number of amides is 1. The van der Waals surface area contributed by atoms with Crippen molar-refractivity contribution < 1.29 is 34.8 Å². The van der Waals surface area contributed by atoms with E-state index in [4.69, 9.17) is 5.73 Å². The number of phenols is 1. The molecular weight excluding hydrogens is 552 g/mol. The van der Waals surface area contributed by atoms with Crippen molar-refractivity contribution in [1.82, 2.24) is 4.90 Å². The monoisotopic (exact) mass is 590 g/mol. The summed E-state index contributed by atoms with van der Waals surface area (Å²) >= 11 is 0. The lowest BCUT2D eigenvalue weighted by Crippen LogP contribution is -2.65. The van der Waals surface area contributed by atoms with Crippen molar-refractivity contribution >= 4 is 34.6 Å². The number of aliphatic hydroxyl groups is 3. The number of Topliss-reactive ketones (excluding diaryl/α,β-unsaturated/α-hetero) is 2. The van der Waals surface area contributed by atoms with E-state index in [1.165, 1.54) is 4.90 Å². The number of primary amides is 1. The zero-order valence-corrected chi connectivity index (χ0v) is 25.1. The van der Waals surface area contributed by atoms with Gasteiger partial charge in [-0.2, -0.15) is 0 Å². The second kappa shape index (κ2) is 10.4. The molecule has 228 valence electrons. The summed E-state index contributed by atoms with van der Waals surface area (Å²) in [4.78, 5) is 43.0. The fourth-order valence-corrected chi connectivity index (χ4v) is 6.99. The summed E-state index contributed by atoms with van der Waals surface area (Å²) in [5.41, 5.74) is 5.10. The van der Waals surface area contributed by atoms with Gasteiger partial charge in [-0.15, -0.1) is 0 Å². The minimum Gasteiger partial charge on any atom is -0.508 e. The Morgan fingerprint density at radius 1 is 1.07 bits per heavy atom. The molecule has 3 aliphatic rings. The zero-order chi connectivity index (χ0) is 31.7. The van der Waals surface area contributed by atoms with Crippen LogP contribution in [0.4, 0.5) is 11.4 Å². The maximum absolute atomic E-state index is 14.2. The maximum atomic E-state index is 14.2. The van der Waals surface area contributed by atoms with E-state index in [-0.39, 0.29) is 35.8 Å². The highest BCUT2D eigenvalue weighted by atomic mass is 16.3. The van der Waals surface area contributed by atoms with E-state index in [1.54, 1.807) is 14.1 Å². The van der Waals surface area contributed by atoms with Gasteiger partial charge in [0.15, 0.2) is 11.4 Å². The first kappa shape index (κ1) is 30.1. The lowest BCUT2D eigenvalue weighted by atomic mass is 9.57. The SMILES string of the molecule is CC(C)Nc1ccc(-c2cc(N(C)C)c3c(c2O)C(O)=C2C(=O)C4(O)C(O)=C(C(N)=O)C(=O)C(N(C)C)C4CC2C3)cc1. The Morgan fingerprint density at radius 3 is 2.23 bits per heavy atom. The first-order valence-corrected chi connectivity index (χ1v) is 14.2. The Bertz CT molecular complexity index is 1610. The number of likely N-dealkylation sites (N-methyl/N-ethyl adjacent to an activating group) is 1. The van der Waals surface area contributed by atoms with Crippen molar-refractivity contribution in [2.75, 3.05) is 38.4 Å². The molecule has 1 saturated carbocycles. The van der Waals surface area contributed by atoms with E-state index in [0.717, 1.165) is 5.69 Å². The molecule has 0 saturated heterocycles. The standard InChI is InChI=1S/C32H38N4O7/c1-14(2)34-17-9-7-15(8-10-17)18-13-21(35(3)4)19-11-16-12-20-25(36(5)6)28(39)24(31(33)42)30(41)32(20,43)29(40)22(16)27(38)23(19)26(18)37/h7-10,13-14,16,20,25,34,37-38,41,43H,11-12H2,1-6H3,(H2,33,42). The molecule has 3 aliphatic carbocycles. The third-order valence-electron chi connectivity index (χ3n) is 8.83. The fraction of sp³-hybridized carbons (Fsp3) is 0.406. The summed E-state index contributed by atoms with van der Waals surface area (Å²) in [6.45, 7) is 4.05. The molecule has 0 spiro atoms. The molecule has 0 radical (unpaired) electrons. The molecule has 43 heavy (non-hydrogen) atoms. The van der Waals surface area contributed by atoms with Gasteiger partial charge in [-0.05, 0) is 76.0 Å². The van der Waals surface area contributed by atoms with E-state index in [2.05, 4.69) is 5.32 Å². The largest absolute Gasteiger partial charge is 0.508 e. The van der Waals surface area contributed by atoms with E-state index >= 15 is 0 Å². The number of fused-ring (bicyclic) bond motifs is 3. The van der Waals surface area contributed by atoms with E-state index in [1.807, 2.05) is 63.2 Å². The van der Waals surface area contributed by atoms with E-state index in [9.17, 15) is 34.8 Å². The number of nitrogens with zero attached hydrogens (tertiary/aromatic N) is 2. The van der Waals surface area contributed by atoms with Crippen LogP contribution in [0.15, 0.2) is 47.2 Å². The molecular formula is C32H38N4O7. The summed E-state index contributed by atoms with van der Waals surface area (Å²) in [7, 11) is 6.82. The molecule has 0 aromatic heterocycles. The number of aromatic hydroxyl groups is 1. The number of hydrogen-bond acceptors (Lipinski definition) is 10. The lowest BCUT2D eigenvalue weighted by Gasteiger charge is -2.50. The Kier molecular flexibility index (Phi) is 7.30. The maximum Gasteiger partial charge on any atom is 0.255 e. The van der Waals surface area contributed by atoms with Gasteiger partial charge in [0.1, 0.15) is 22.8 Å². The van der Waals surface area contributed by atoms with Crippen molar-refractivity contribution in [2.24, 2.45) is 17.6 Å². The lowest BCUT2D eigenvalue weighted by molar-refractivity contribution is -0.153. The molecule has 2 aromatic rings. The summed E-state index contributed by atoms with van der Waals surface area (Å²) in [5, 5.41) is 49.5. The second-order valence-corrected chi connectivity index (χ2v) is 12.4. The summed E-state index contributed by atoms with van der Waals surface area (Å²) in [5.74, 6) is -6.71. The Balaban J connectivity index is 1.72. The van der Waals surface area contributed by atoms with Crippen LogP contribution < -0.4 is 16.0 Å². The molecule has 11 nitrogen and oxygen atoms in total. The van der Waals surface area contributed by atoms with Crippen LogP contribution in [0.2, 0.25) is 0 Å². The van der Waals surface area contributed by atoms with Crippen molar-refractivity contribution in [2.45, 2.75) is 44.4 Å². The van der Waals surface area contributed by atoms with Gasteiger partial charge in [0.2, 0.25) is 5.78 Å². The van der Waals surface area contributed by atoms with Crippen LogP contribution in [0.5, 0.6) is 5.75 Å². The fourth-order valence-electron chi connectivity index (χ4n) is 6.99. The number of hydrogen-bond donors (Lipinski definition) is 6. The molecule has 0 aliphatic heterocycles. The molecule has 7 N–H and O–H groups in total. The predicted octanol–water partition coefficient (Wildman–Crippen LogP) is 2.52. The number of ketones is 2. The first-order valence-electron chi connectivity index (χ1n) is 14.2. The number of carbonyl (C=O) groups excluding carboxylic acids is 3. The van der Waals surface area contributed by atoms with Gasteiger partial charge in [-0.1, -0.05) is 12.1 Å². The Labute approximate surface area is 249 Å². The minimum atomic E-state index is -2.68. The molecule has 0 bridgehead atoms. The van der Waals surface area contributed by atoms with Gasteiger partial charge < -0.3 is 36.4 Å². The highest BCUT2D eigenvalue weighted by molar-refractivity contribution is 6.24. The zero-order valence-electron chi connectivity index (χ0n) is 25.1. The molecule has 5 rings (SSSR count). The number of rotatable bonds is 6. The van der Waals surface area contributed by atoms with Crippen molar-refractivity contribution in [3.63, 3.8) is 0 Å². The van der Waals surface area contributed by atoms with Gasteiger partial charge >= 0.3 is 0 Å². The number of phenolic OH excluding ortho intramolecular Hbond substituents is 1. The Hall–Kier alpha value is -4.35. The molecule has 1 fully saturated rings. The third-order valence-corrected chi connectivity index (χ3v) is 8.83. The number of benzene rings is 2. The van der Waals surface area contributed by atoms with Crippen LogP contribution in [-0.4, -0.2) is 88.7 Å². The smallest absolute Gasteiger partial charge is 0.255 e. The first-order chi connectivity index (χ1) is 20.1. The van der Waals surface area contributed by atoms with Gasteiger partial charge in [-0.25, -0.2) is 0 Å². The van der Waals surface area contributed by atoms with E-state index < -0.39 is 58.0 Å². The number of aliphatic hydroxyl groups excluding tert-OH is 2. The summed E-state index contributed by atoms with van der Waals surface area (Å²) in [6, 6.07) is 8.38. The number of nitrogens with two attached hydrogens (primary N) is 1. The average Bonchev–Trinajstić information content (AvgIpc) is 2.90. The van der Waals surface area contributed by atoms with Crippen LogP contribution in [0, 0.1) is 11.8 Å². The third kappa shape index (κ3) is 4.45. The van der Waals surface area contributed by atoms with Gasteiger partial charge in [-0.3, -0.25) is 19.3 Å². The second-order valence-electron chi connectivity index (χ2n) is 12.4. The molecule has 4 unspecified atom stereocenters. The molecule has 11 heteroatoms. The van der Waals surface area contributed by atoms with Crippen molar-refractivity contribution in [1.29, 1.82) is 0 Å². The van der Waals surface area contributed by atoms with Crippen molar-refractivity contribution in [3.8, 4) is 16.9 Å². The molecule has 0 heterocycles. The summed E-state index contributed by atoms with van der Waals surface area (Å²) < 4.78 is 0. The highest BCUT2D eigenvalue weighted by Gasteiger charge is 2.64. The Morgan fingerprint density at radius 2 is 1.70 bits per heavy atom. The minimum absolute atomic E-state index is 0.0332. The van der Waals surface area contributed by atoms with Crippen LogP contribution in [0.1, 0.15) is 31.4 Å². The van der Waals surface area contributed by atoms with Gasteiger partial charge in [0.05, 0.1) is 11.6 Å². The van der Waals surface area contributed by atoms with Gasteiger partial charge in [0, 0.05) is 48.6 Å². The van der Waals surface area contributed by atoms with Crippen LogP contribution >= 0.6 is 0 Å².